The van der Waals surface area contributed by atoms with Crippen molar-refractivity contribution in [3.8, 4) is 0 Å². The lowest BCUT2D eigenvalue weighted by molar-refractivity contribution is 0.182. The number of likely N-dealkylation sites (N-methyl/N-ethyl adjacent to an activating group) is 1. The number of likely N-dealkylation sites (tertiary alicyclic amines) is 1. The Labute approximate surface area is 146 Å². The van der Waals surface area contributed by atoms with E-state index in [1.165, 1.54) is 4.70 Å². The van der Waals surface area contributed by atoms with E-state index < -0.39 is 0 Å². The van der Waals surface area contributed by atoms with E-state index in [0.29, 0.717) is 18.1 Å². The van der Waals surface area contributed by atoms with E-state index in [9.17, 15) is 5.11 Å². The topological polar surface area (TPSA) is 64.5 Å². The fraction of sp³-hybridized carbons (Fsp3) is 0.647. The number of hydrogen-bond acceptors (Lipinski definition) is 7. The average molecular weight is 347 g/mol. The molecule has 0 saturated carbocycles. The first kappa shape index (κ1) is 16.2. The molecule has 2 fully saturated rings. The summed E-state index contributed by atoms with van der Waals surface area (Å²) in [7, 11) is 2.10. The maximum Gasteiger partial charge on any atom is 0.150 e. The van der Waals surface area contributed by atoms with Crippen LogP contribution in [0.1, 0.15) is 19.3 Å². The van der Waals surface area contributed by atoms with Crippen LogP contribution in [0.25, 0.3) is 10.2 Å². The van der Waals surface area contributed by atoms with Crippen molar-refractivity contribution in [1.29, 1.82) is 0 Å². The number of anilines is 1. The standard InChI is InChI=1S/C17H25N5OS/c1-21-9-13(8-14(21)10-23)20-12-2-5-22(6-3-12)17-16-15(4-7-24-16)18-11-19-17/h4,7,11-14,20,23H,2-3,5-6,8-10H2,1H3/t13-,14+/m1/s1. The lowest BCUT2D eigenvalue weighted by Gasteiger charge is -2.34. The Bertz CT molecular complexity index is 684. The molecule has 2 atom stereocenters. The molecule has 2 aromatic heterocycles. The van der Waals surface area contributed by atoms with Gasteiger partial charge in [0.1, 0.15) is 12.1 Å². The van der Waals surface area contributed by atoms with Gasteiger partial charge in [0.05, 0.1) is 16.8 Å². The van der Waals surface area contributed by atoms with Gasteiger partial charge < -0.3 is 15.3 Å². The van der Waals surface area contributed by atoms with Crippen LogP contribution in [0.15, 0.2) is 17.8 Å². The summed E-state index contributed by atoms with van der Waals surface area (Å²) >= 11 is 1.73. The lowest BCUT2D eigenvalue weighted by atomic mass is 10.0. The molecule has 0 aliphatic carbocycles. The van der Waals surface area contributed by atoms with Gasteiger partial charge in [-0.05, 0) is 37.8 Å². The Morgan fingerprint density at radius 3 is 2.88 bits per heavy atom. The second kappa shape index (κ2) is 6.92. The molecular weight excluding hydrogens is 322 g/mol. The smallest absolute Gasteiger partial charge is 0.150 e. The number of nitrogens with zero attached hydrogens (tertiary/aromatic N) is 4. The molecule has 2 aliphatic heterocycles. The van der Waals surface area contributed by atoms with E-state index in [1.54, 1.807) is 17.7 Å². The van der Waals surface area contributed by atoms with Crippen molar-refractivity contribution in [2.75, 3.05) is 38.2 Å². The quantitative estimate of drug-likeness (QED) is 0.870. The molecule has 0 spiro atoms. The zero-order valence-corrected chi connectivity index (χ0v) is 14.9. The van der Waals surface area contributed by atoms with E-state index >= 15 is 0 Å². The number of piperidine rings is 1. The second-order valence-corrected chi connectivity index (χ2v) is 7.88. The number of aliphatic hydroxyl groups excluding tert-OH is 1. The summed E-state index contributed by atoms with van der Waals surface area (Å²) < 4.78 is 1.20. The second-order valence-electron chi connectivity index (χ2n) is 6.97. The molecule has 0 aromatic carbocycles. The Balaban J connectivity index is 1.35. The number of aromatic nitrogens is 2. The predicted molar refractivity (Wildman–Crippen MR) is 97.7 cm³/mol. The molecule has 0 unspecified atom stereocenters. The SMILES string of the molecule is CN1C[C@H](NC2CCN(c3ncnc4ccsc34)CC2)C[C@H]1CO. The fourth-order valence-corrected chi connectivity index (χ4v) is 4.87. The zero-order chi connectivity index (χ0) is 16.5. The van der Waals surface area contributed by atoms with Crippen molar-refractivity contribution in [3.63, 3.8) is 0 Å². The van der Waals surface area contributed by atoms with Crippen molar-refractivity contribution < 1.29 is 5.11 Å². The number of fused-ring (bicyclic) bond motifs is 1. The summed E-state index contributed by atoms with van der Waals surface area (Å²) in [6.07, 6.45) is 5.01. The highest BCUT2D eigenvalue weighted by Crippen LogP contribution is 2.29. The summed E-state index contributed by atoms with van der Waals surface area (Å²) in [6, 6.07) is 3.45. The molecule has 0 bridgehead atoms. The van der Waals surface area contributed by atoms with Crippen LogP contribution in [0.3, 0.4) is 0 Å². The van der Waals surface area contributed by atoms with Crippen molar-refractivity contribution in [3.05, 3.63) is 17.8 Å². The van der Waals surface area contributed by atoms with Crippen molar-refractivity contribution in [1.82, 2.24) is 20.2 Å². The molecule has 7 heteroatoms. The minimum absolute atomic E-state index is 0.262. The maximum atomic E-state index is 9.40. The van der Waals surface area contributed by atoms with E-state index in [-0.39, 0.29) is 6.61 Å². The third-order valence-corrected chi connectivity index (χ3v) is 6.29. The maximum absolute atomic E-state index is 9.40. The summed E-state index contributed by atoms with van der Waals surface area (Å²) in [5.41, 5.74) is 1.05. The Morgan fingerprint density at radius 2 is 2.12 bits per heavy atom. The van der Waals surface area contributed by atoms with Crippen LogP contribution in [0.5, 0.6) is 0 Å². The number of aliphatic hydroxyl groups is 1. The van der Waals surface area contributed by atoms with E-state index in [2.05, 4.69) is 43.6 Å². The molecule has 2 aromatic rings. The molecular formula is C17H25N5OS. The molecule has 6 nitrogen and oxygen atoms in total. The van der Waals surface area contributed by atoms with Gasteiger partial charge in [0.25, 0.3) is 0 Å². The van der Waals surface area contributed by atoms with Crippen LogP contribution >= 0.6 is 11.3 Å². The molecule has 2 saturated heterocycles. The fourth-order valence-electron chi connectivity index (χ4n) is 4.01. The Hall–Kier alpha value is -1.28. The average Bonchev–Trinajstić information content (AvgIpc) is 3.21. The van der Waals surface area contributed by atoms with Crippen LogP contribution < -0.4 is 10.2 Å². The van der Waals surface area contributed by atoms with Gasteiger partial charge in [0.2, 0.25) is 0 Å². The highest BCUT2D eigenvalue weighted by molar-refractivity contribution is 7.17. The van der Waals surface area contributed by atoms with E-state index in [4.69, 9.17) is 0 Å². The van der Waals surface area contributed by atoms with Crippen molar-refractivity contribution >= 4 is 27.4 Å². The van der Waals surface area contributed by atoms with Gasteiger partial charge in [-0.1, -0.05) is 0 Å². The van der Waals surface area contributed by atoms with Gasteiger partial charge in [0.15, 0.2) is 0 Å². The van der Waals surface area contributed by atoms with E-state index in [0.717, 1.165) is 50.2 Å². The van der Waals surface area contributed by atoms with Gasteiger partial charge in [-0.15, -0.1) is 11.3 Å². The van der Waals surface area contributed by atoms with Gasteiger partial charge in [0, 0.05) is 37.8 Å². The first-order valence-electron chi connectivity index (χ1n) is 8.75. The molecule has 0 amide bonds. The van der Waals surface area contributed by atoms with Crippen LogP contribution in [-0.2, 0) is 0 Å². The van der Waals surface area contributed by atoms with Crippen LogP contribution in [0.2, 0.25) is 0 Å². The number of thiophene rings is 1. The van der Waals surface area contributed by atoms with Gasteiger partial charge in [-0.2, -0.15) is 0 Å². The molecule has 130 valence electrons. The number of hydrogen-bond donors (Lipinski definition) is 2. The molecule has 2 aliphatic rings. The van der Waals surface area contributed by atoms with Gasteiger partial charge >= 0.3 is 0 Å². The number of rotatable bonds is 4. The van der Waals surface area contributed by atoms with Gasteiger partial charge in [-0.3, -0.25) is 4.90 Å². The molecule has 2 N–H and O–H groups in total. The normalized spacial score (nSPS) is 26.5. The summed E-state index contributed by atoms with van der Waals surface area (Å²) in [5.74, 6) is 1.09. The van der Waals surface area contributed by atoms with Crippen molar-refractivity contribution in [2.24, 2.45) is 0 Å². The van der Waals surface area contributed by atoms with E-state index in [1.807, 2.05) is 0 Å². The van der Waals surface area contributed by atoms with Crippen LogP contribution in [0, 0.1) is 0 Å². The third-order valence-electron chi connectivity index (χ3n) is 5.39. The zero-order valence-electron chi connectivity index (χ0n) is 14.1. The van der Waals surface area contributed by atoms with Crippen LogP contribution in [-0.4, -0.2) is 71.4 Å². The first-order chi connectivity index (χ1) is 11.7. The lowest BCUT2D eigenvalue weighted by Crippen LogP contribution is -2.47. The first-order valence-corrected chi connectivity index (χ1v) is 9.63. The minimum atomic E-state index is 0.262. The highest BCUT2D eigenvalue weighted by Gasteiger charge is 2.31. The minimum Gasteiger partial charge on any atom is -0.395 e. The molecule has 24 heavy (non-hydrogen) atoms. The predicted octanol–water partition coefficient (Wildman–Crippen LogP) is 1.31. The summed E-state index contributed by atoms with van der Waals surface area (Å²) in [6.45, 7) is 3.37. The van der Waals surface area contributed by atoms with Crippen molar-refractivity contribution in [2.45, 2.75) is 37.4 Å². The largest absolute Gasteiger partial charge is 0.395 e. The Kier molecular flexibility index (Phi) is 4.67. The highest BCUT2D eigenvalue weighted by atomic mass is 32.1. The molecule has 4 rings (SSSR count). The molecule has 4 heterocycles. The number of nitrogens with one attached hydrogen (secondary N) is 1. The third kappa shape index (κ3) is 3.13. The van der Waals surface area contributed by atoms with Crippen LogP contribution in [0.4, 0.5) is 5.82 Å². The summed E-state index contributed by atoms with van der Waals surface area (Å²) in [4.78, 5) is 13.5. The summed E-state index contributed by atoms with van der Waals surface area (Å²) in [5, 5.41) is 15.3. The monoisotopic (exact) mass is 347 g/mol. The van der Waals surface area contributed by atoms with Gasteiger partial charge in [-0.25, -0.2) is 9.97 Å². The Morgan fingerprint density at radius 1 is 1.29 bits per heavy atom. The molecule has 0 radical (unpaired) electrons.